The Morgan fingerprint density at radius 1 is 1.43 bits per heavy atom. The number of amides is 2. The molecule has 1 aromatic heterocycles. The molecule has 0 bridgehead atoms. The van der Waals surface area contributed by atoms with Gasteiger partial charge in [0.05, 0.1) is 22.8 Å². The fourth-order valence-corrected chi connectivity index (χ4v) is 3.84. The third-order valence-corrected chi connectivity index (χ3v) is 5.58. The number of nitrogens with one attached hydrogen (secondary N) is 1. The fourth-order valence-electron chi connectivity index (χ4n) is 2.90. The zero-order valence-electron chi connectivity index (χ0n) is 14.7. The summed E-state index contributed by atoms with van der Waals surface area (Å²) in [5, 5.41) is 16.5. The molecule has 2 N–H and O–H groups in total. The molecule has 2 amide bonds. The second-order valence-electron chi connectivity index (χ2n) is 7.66. The molecule has 1 saturated carbocycles. The molecule has 1 aliphatic carbocycles. The van der Waals surface area contributed by atoms with Crippen molar-refractivity contribution in [2.75, 3.05) is 20.1 Å². The molecule has 0 unspecified atom stereocenters. The number of likely N-dealkylation sites (N-methyl/N-ethyl adjacent to an activating group) is 1. The van der Waals surface area contributed by atoms with E-state index in [1.807, 2.05) is 0 Å². The van der Waals surface area contributed by atoms with E-state index < -0.39 is 5.60 Å². The van der Waals surface area contributed by atoms with Gasteiger partial charge in [0.15, 0.2) is 0 Å². The first-order chi connectivity index (χ1) is 10.7. The Morgan fingerprint density at radius 3 is 2.65 bits per heavy atom. The van der Waals surface area contributed by atoms with Crippen LogP contribution in [0.25, 0.3) is 0 Å². The van der Waals surface area contributed by atoms with Crippen LogP contribution in [-0.4, -0.2) is 46.8 Å². The van der Waals surface area contributed by atoms with Crippen LogP contribution < -0.4 is 5.32 Å². The van der Waals surface area contributed by atoms with Gasteiger partial charge < -0.3 is 15.3 Å². The number of aromatic nitrogens is 1. The van der Waals surface area contributed by atoms with Crippen molar-refractivity contribution < 1.29 is 9.90 Å². The summed E-state index contributed by atoms with van der Waals surface area (Å²) in [7, 11) is 1.74. The highest BCUT2D eigenvalue weighted by Gasteiger charge is 2.33. The number of hydrogen-bond acceptors (Lipinski definition) is 4. The molecule has 1 aliphatic rings. The molecule has 0 aliphatic heterocycles. The van der Waals surface area contributed by atoms with Crippen molar-refractivity contribution in [3.05, 3.63) is 16.1 Å². The van der Waals surface area contributed by atoms with Crippen LogP contribution in [0.5, 0.6) is 0 Å². The summed E-state index contributed by atoms with van der Waals surface area (Å²) in [6, 6.07) is -0.128. The molecule has 6 heteroatoms. The number of carbonyl (C=O) groups excluding carboxylic acids is 1. The maximum atomic E-state index is 12.1. The van der Waals surface area contributed by atoms with Crippen LogP contribution in [0.2, 0.25) is 0 Å². The van der Waals surface area contributed by atoms with Crippen molar-refractivity contribution in [1.29, 1.82) is 0 Å². The Hall–Kier alpha value is -1.14. The summed E-state index contributed by atoms with van der Waals surface area (Å²) in [6.45, 7) is 7.43. The lowest BCUT2D eigenvalue weighted by atomic mass is 9.98. The first-order valence-electron chi connectivity index (χ1n) is 8.36. The minimum atomic E-state index is -0.692. The summed E-state index contributed by atoms with van der Waals surface area (Å²) in [5.74, 6) is 0. The smallest absolute Gasteiger partial charge is 0.317 e. The Labute approximate surface area is 143 Å². The van der Waals surface area contributed by atoms with Gasteiger partial charge in [-0.15, -0.1) is 11.3 Å². The van der Waals surface area contributed by atoms with Crippen molar-refractivity contribution in [2.45, 2.75) is 63.9 Å². The maximum absolute atomic E-state index is 12.1. The topological polar surface area (TPSA) is 65.5 Å². The maximum Gasteiger partial charge on any atom is 0.317 e. The van der Waals surface area contributed by atoms with E-state index in [0.717, 1.165) is 42.8 Å². The van der Waals surface area contributed by atoms with Crippen LogP contribution in [0.15, 0.2) is 5.38 Å². The summed E-state index contributed by atoms with van der Waals surface area (Å²) in [4.78, 5) is 18.3. The van der Waals surface area contributed by atoms with Crippen LogP contribution in [0, 0.1) is 0 Å². The van der Waals surface area contributed by atoms with E-state index in [9.17, 15) is 9.90 Å². The fraction of sp³-hybridized carbons (Fsp3) is 0.765. The largest absolute Gasteiger partial charge is 0.388 e. The molecule has 0 saturated heterocycles. The summed E-state index contributed by atoms with van der Waals surface area (Å²) in [6.07, 6.45) is 4.41. The van der Waals surface area contributed by atoms with Crippen LogP contribution in [0.1, 0.15) is 57.2 Å². The van der Waals surface area contributed by atoms with Crippen molar-refractivity contribution in [3.8, 4) is 0 Å². The Balaban J connectivity index is 1.75. The average molecular weight is 340 g/mol. The van der Waals surface area contributed by atoms with Crippen molar-refractivity contribution in [3.63, 3.8) is 0 Å². The predicted molar refractivity (Wildman–Crippen MR) is 94.0 cm³/mol. The third kappa shape index (κ3) is 5.18. The first-order valence-corrected chi connectivity index (χ1v) is 9.24. The van der Waals surface area contributed by atoms with Crippen LogP contribution in [0.4, 0.5) is 4.79 Å². The lowest BCUT2D eigenvalue weighted by molar-refractivity contribution is 0.0248. The lowest BCUT2D eigenvalue weighted by Crippen LogP contribution is -2.46. The average Bonchev–Trinajstić information content (AvgIpc) is 3.07. The molecular weight excluding hydrogens is 310 g/mol. The molecule has 0 aromatic carbocycles. The van der Waals surface area contributed by atoms with Crippen LogP contribution in [0.3, 0.4) is 0 Å². The van der Waals surface area contributed by atoms with Gasteiger partial charge in [-0.05, 0) is 12.8 Å². The zero-order chi connectivity index (χ0) is 17.1. The zero-order valence-corrected chi connectivity index (χ0v) is 15.5. The normalized spacial score (nSPS) is 17.3. The Morgan fingerprint density at radius 2 is 2.09 bits per heavy atom. The van der Waals surface area contributed by atoms with E-state index in [2.05, 4.69) is 36.5 Å². The first kappa shape index (κ1) is 18.2. The number of urea groups is 1. The highest BCUT2D eigenvalue weighted by atomic mass is 32.1. The number of rotatable bonds is 5. The highest BCUT2D eigenvalue weighted by molar-refractivity contribution is 7.09. The van der Waals surface area contributed by atoms with Gasteiger partial charge >= 0.3 is 6.03 Å². The predicted octanol–water partition coefficient (Wildman–Crippen LogP) is 2.93. The van der Waals surface area contributed by atoms with Gasteiger partial charge in [0.2, 0.25) is 0 Å². The van der Waals surface area contributed by atoms with Crippen molar-refractivity contribution in [1.82, 2.24) is 15.2 Å². The Bertz CT molecular complexity index is 530. The minimum absolute atomic E-state index is 0.0725. The molecule has 0 atom stereocenters. The van der Waals surface area contributed by atoms with E-state index in [1.54, 1.807) is 23.3 Å². The second-order valence-corrected chi connectivity index (χ2v) is 8.52. The third-order valence-electron chi connectivity index (χ3n) is 4.26. The van der Waals surface area contributed by atoms with Gasteiger partial charge in [0.1, 0.15) is 0 Å². The quantitative estimate of drug-likeness (QED) is 0.867. The standard InChI is InChI=1S/C17H29N3O2S/c1-16(2,3)14-19-13(11-23-14)7-10-18-15(21)20(4)12-17(22)8-5-6-9-17/h11,22H,5-10,12H2,1-4H3,(H,18,21). The van der Waals surface area contributed by atoms with Crippen LogP contribution in [-0.2, 0) is 11.8 Å². The number of thiazole rings is 1. The van der Waals surface area contributed by atoms with Gasteiger partial charge in [0.25, 0.3) is 0 Å². The summed E-state index contributed by atoms with van der Waals surface area (Å²) in [5.41, 5.74) is 0.406. The molecule has 130 valence electrons. The van der Waals surface area contributed by atoms with E-state index >= 15 is 0 Å². The molecule has 5 nitrogen and oxygen atoms in total. The van der Waals surface area contributed by atoms with Crippen molar-refractivity contribution in [2.24, 2.45) is 0 Å². The molecule has 1 fully saturated rings. The SMILES string of the molecule is CN(CC1(O)CCCC1)C(=O)NCCc1csc(C(C)(C)C)n1. The molecule has 0 radical (unpaired) electrons. The van der Waals surface area contributed by atoms with Gasteiger partial charge in [-0.1, -0.05) is 33.6 Å². The van der Waals surface area contributed by atoms with E-state index in [4.69, 9.17) is 0 Å². The van der Waals surface area contributed by atoms with Gasteiger partial charge in [-0.25, -0.2) is 9.78 Å². The number of carbonyl (C=O) groups is 1. The number of aliphatic hydroxyl groups is 1. The molecule has 1 aromatic rings. The molecular formula is C17H29N3O2S. The molecule has 0 spiro atoms. The molecule has 2 rings (SSSR count). The monoisotopic (exact) mass is 339 g/mol. The van der Waals surface area contributed by atoms with Crippen LogP contribution >= 0.6 is 11.3 Å². The minimum Gasteiger partial charge on any atom is -0.388 e. The lowest BCUT2D eigenvalue weighted by Gasteiger charge is -2.28. The molecule has 1 heterocycles. The van der Waals surface area contributed by atoms with E-state index in [1.165, 1.54) is 0 Å². The summed E-state index contributed by atoms with van der Waals surface area (Å²) < 4.78 is 0. The van der Waals surface area contributed by atoms with Gasteiger partial charge in [-0.2, -0.15) is 0 Å². The van der Waals surface area contributed by atoms with Crippen molar-refractivity contribution >= 4 is 17.4 Å². The number of nitrogens with zero attached hydrogens (tertiary/aromatic N) is 2. The van der Waals surface area contributed by atoms with Gasteiger partial charge in [0, 0.05) is 30.8 Å². The van der Waals surface area contributed by atoms with Gasteiger partial charge in [-0.3, -0.25) is 0 Å². The summed E-state index contributed by atoms with van der Waals surface area (Å²) >= 11 is 1.68. The van der Waals surface area contributed by atoms with E-state index in [0.29, 0.717) is 13.1 Å². The second kappa shape index (κ2) is 7.18. The molecule has 23 heavy (non-hydrogen) atoms. The Kier molecular flexibility index (Phi) is 5.68. The highest BCUT2D eigenvalue weighted by Crippen LogP contribution is 2.30. The number of hydrogen-bond donors (Lipinski definition) is 2. The van der Waals surface area contributed by atoms with E-state index in [-0.39, 0.29) is 11.4 Å².